The Morgan fingerprint density at radius 1 is 1.23 bits per heavy atom. The number of likely N-dealkylation sites (tertiary alicyclic amines) is 1. The summed E-state index contributed by atoms with van der Waals surface area (Å²) in [5.41, 5.74) is 6.02. The molecule has 0 unspecified atom stereocenters. The number of hydrogen-bond donors (Lipinski definition) is 1. The number of carbonyl (C=O) groups is 1. The first-order valence-corrected chi connectivity index (χ1v) is 8.90. The molecule has 142 valence electrons. The summed E-state index contributed by atoms with van der Waals surface area (Å²) in [7, 11) is 0. The minimum absolute atomic E-state index is 0.0310. The van der Waals surface area contributed by atoms with E-state index in [1.807, 2.05) is 25.7 Å². The first-order chi connectivity index (χ1) is 12.1. The topological polar surface area (TPSA) is 102 Å². The maximum absolute atomic E-state index is 12.4. The summed E-state index contributed by atoms with van der Waals surface area (Å²) in [4.78, 5) is 27.2. The van der Waals surface area contributed by atoms with Gasteiger partial charge in [-0.05, 0) is 51.2 Å². The highest BCUT2D eigenvalue weighted by atomic mass is 16.6. The maximum atomic E-state index is 12.4. The van der Waals surface area contributed by atoms with E-state index in [1.165, 1.54) is 0 Å². The predicted molar refractivity (Wildman–Crippen MR) is 99.1 cm³/mol. The molecule has 1 aromatic rings. The molecule has 2 N–H and O–H groups in total. The molecule has 2 bridgehead atoms. The lowest BCUT2D eigenvalue weighted by molar-refractivity contribution is -0.383. The van der Waals surface area contributed by atoms with Gasteiger partial charge in [-0.25, -0.2) is 4.79 Å². The van der Waals surface area contributed by atoms with Crippen LogP contribution in [0.15, 0.2) is 18.2 Å². The molecule has 26 heavy (non-hydrogen) atoms. The number of nitrogens with zero attached hydrogens (tertiary/aromatic N) is 3. The molecule has 3 rings (SSSR count). The van der Waals surface area contributed by atoms with E-state index in [0.29, 0.717) is 31.9 Å². The number of fused-ring (bicyclic) bond motifs is 2. The van der Waals surface area contributed by atoms with Gasteiger partial charge in [0, 0.05) is 26.2 Å². The van der Waals surface area contributed by atoms with Crippen molar-refractivity contribution in [2.45, 2.75) is 32.8 Å². The molecular formula is C18H26N4O4. The normalized spacial score (nSPS) is 22.9. The number of rotatable bonds is 2. The quantitative estimate of drug-likeness (QED) is 0.493. The zero-order valence-corrected chi connectivity index (χ0v) is 15.5. The summed E-state index contributed by atoms with van der Waals surface area (Å²) < 4.78 is 5.49. The molecule has 2 heterocycles. The van der Waals surface area contributed by atoms with Gasteiger partial charge in [-0.3, -0.25) is 10.1 Å². The molecule has 2 aliphatic heterocycles. The van der Waals surface area contributed by atoms with Crippen molar-refractivity contribution in [3.8, 4) is 0 Å². The number of para-hydroxylation sites is 1. The fourth-order valence-corrected chi connectivity index (χ4v) is 3.96. The van der Waals surface area contributed by atoms with Gasteiger partial charge in [0.25, 0.3) is 0 Å². The van der Waals surface area contributed by atoms with Crippen LogP contribution in [0.5, 0.6) is 0 Å². The summed E-state index contributed by atoms with van der Waals surface area (Å²) in [6.07, 6.45) is 0.738. The lowest BCUT2D eigenvalue weighted by atomic mass is 9.84. The average molecular weight is 362 g/mol. The fourth-order valence-electron chi connectivity index (χ4n) is 3.96. The van der Waals surface area contributed by atoms with E-state index in [9.17, 15) is 14.9 Å². The molecule has 1 aromatic carbocycles. The molecule has 0 aliphatic carbocycles. The lowest BCUT2D eigenvalue weighted by Crippen LogP contribution is -2.55. The zero-order valence-electron chi connectivity index (χ0n) is 15.5. The standard InChI is InChI=1S/C18H26N4O4/c1-18(2,3)26-17(23)21-10-12-7-13(11-21)9-20(8-12)15-6-4-5-14(19)16(15)22(24)25/h4-6,12-13H,7-11,19H2,1-3H3/t12-,13-/m0/s1. The molecule has 0 saturated carbocycles. The van der Waals surface area contributed by atoms with Crippen molar-refractivity contribution in [1.82, 2.24) is 4.90 Å². The number of amides is 1. The molecule has 2 atom stereocenters. The number of ether oxygens (including phenoxy) is 1. The molecule has 2 fully saturated rings. The largest absolute Gasteiger partial charge is 0.444 e. The van der Waals surface area contributed by atoms with Crippen LogP contribution in [-0.2, 0) is 4.74 Å². The summed E-state index contributed by atoms with van der Waals surface area (Å²) in [5.74, 6) is 0.520. The van der Waals surface area contributed by atoms with Crippen LogP contribution in [0, 0.1) is 22.0 Å². The van der Waals surface area contributed by atoms with Crippen LogP contribution in [0.25, 0.3) is 0 Å². The third-order valence-corrected chi connectivity index (χ3v) is 4.80. The summed E-state index contributed by atoms with van der Waals surface area (Å²) >= 11 is 0. The minimum Gasteiger partial charge on any atom is -0.444 e. The van der Waals surface area contributed by atoms with Crippen molar-refractivity contribution in [3.05, 3.63) is 28.3 Å². The van der Waals surface area contributed by atoms with Gasteiger partial charge in [0.1, 0.15) is 17.0 Å². The van der Waals surface area contributed by atoms with Crippen LogP contribution in [0.4, 0.5) is 21.9 Å². The Balaban J connectivity index is 1.75. The fraction of sp³-hybridized carbons (Fsp3) is 0.611. The number of nitro benzene ring substituents is 1. The molecule has 8 nitrogen and oxygen atoms in total. The predicted octanol–water partition coefficient (Wildman–Crippen LogP) is 2.87. The number of nitrogen functional groups attached to an aromatic ring is 1. The highest BCUT2D eigenvalue weighted by molar-refractivity contribution is 5.75. The Kier molecular flexibility index (Phi) is 4.68. The van der Waals surface area contributed by atoms with Crippen LogP contribution in [0.2, 0.25) is 0 Å². The summed E-state index contributed by atoms with van der Waals surface area (Å²) in [6, 6.07) is 5.05. The van der Waals surface area contributed by atoms with Crippen LogP contribution in [-0.4, -0.2) is 47.7 Å². The van der Waals surface area contributed by atoms with Gasteiger partial charge in [0.2, 0.25) is 0 Å². The second-order valence-corrected chi connectivity index (χ2v) is 8.23. The summed E-state index contributed by atoms with van der Waals surface area (Å²) in [5, 5.41) is 11.4. The van der Waals surface area contributed by atoms with Crippen molar-refractivity contribution >= 4 is 23.2 Å². The zero-order chi connectivity index (χ0) is 19.1. The first kappa shape index (κ1) is 18.3. The average Bonchev–Trinajstić information content (AvgIpc) is 2.51. The molecule has 0 aromatic heterocycles. The number of nitrogens with two attached hydrogens (primary N) is 1. The van der Waals surface area contributed by atoms with E-state index in [-0.39, 0.29) is 29.3 Å². The van der Waals surface area contributed by atoms with Crippen molar-refractivity contribution in [1.29, 1.82) is 0 Å². The van der Waals surface area contributed by atoms with Crippen LogP contribution in [0.3, 0.4) is 0 Å². The van der Waals surface area contributed by atoms with Crippen molar-refractivity contribution < 1.29 is 14.5 Å². The molecule has 0 radical (unpaired) electrons. The third-order valence-electron chi connectivity index (χ3n) is 4.80. The van der Waals surface area contributed by atoms with Crippen molar-refractivity contribution in [3.63, 3.8) is 0 Å². The van der Waals surface area contributed by atoms with Gasteiger partial charge in [0.05, 0.1) is 4.92 Å². The second kappa shape index (κ2) is 6.66. The van der Waals surface area contributed by atoms with Crippen LogP contribution in [0.1, 0.15) is 27.2 Å². The van der Waals surface area contributed by atoms with E-state index in [2.05, 4.69) is 0 Å². The number of nitro groups is 1. The van der Waals surface area contributed by atoms with Gasteiger partial charge >= 0.3 is 11.8 Å². The number of benzene rings is 1. The Morgan fingerprint density at radius 3 is 2.38 bits per heavy atom. The van der Waals surface area contributed by atoms with Crippen LogP contribution < -0.4 is 10.6 Å². The smallest absolute Gasteiger partial charge is 0.410 e. The first-order valence-electron chi connectivity index (χ1n) is 8.90. The van der Waals surface area contributed by atoms with E-state index >= 15 is 0 Å². The Bertz CT molecular complexity index is 702. The molecular weight excluding hydrogens is 336 g/mol. The maximum Gasteiger partial charge on any atom is 0.410 e. The van der Waals surface area contributed by atoms with E-state index in [1.54, 1.807) is 23.1 Å². The minimum atomic E-state index is -0.516. The van der Waals surface area contributed by atoms with Gasteiger partial charge < -0.3 is 20.3 Å². The molecule has 2 saturated heterocycles. The van der Waals surface area contributed by atoms with Gasteiger partial charge in [-0.2, -0.15) is 0 Å². The van der Waals surface area contributed by atoms with Gasteiger partial charge in [-0.15, -0.1) is 0 Å². The molecule has 8 heteroatoms. The monoisotopic (exact) mass is 362 g/mol. The van der Waals surface area contributed by atoms with Gasteiger partial charge in [-0.1, -0.05) is 6.07 Å². The number of carbonyl (C=O) groups excluding carboxylic acids is 1. The lowest BCUT2D eigenvalue weighted by Gasteiger charge is -2.46. The summed E-state index contributed by atoms with van der Waals surface area (Å²) in [6.45, 7) is 8.12. The number of hydrogen-bond acceptors (Lipinski definition) is 6. The number of anilines is 2. The van der Waals surface area contributed by atoms with Crippen molar-refractivity contribution in [2.24, 2.45) is 11.8 Å². The van der Waals surface area contributed by atoms with E-state index in [4.69, 9.17) is 10.5 Å². The number of piperidine rings is 2. The van der Waals surface area contributed by atoms with E-state index in [0.717, 1.165) is 6.42 Å². The SMILES string of the molecule is CC(C)(C)OC(=O)N1C[C@H]2C[C@H](C1)CN(c1cccc(N)c1[N+](=O)[O-])C2. The van der Waals surface area contributed by atoms with Crippen molar-refractivity contribution in [2.75, 3.05) is 36.8 Å². The van der Waals surface area contributed by atoms with Gasteiger partial charge in [0.15, 0.2) is 0 Å². The third kappa shape index (κ3) is 3.84. The Labute approximate surface area is 153 Å². The van der Waals surface area contributed by atoms with Crippen LogP contribution >= 0.6 is 0 Å². The molecule has 0 spiro atoms. The van der Waals surface area contributed by atoms with E-state index < -0.39 is 10.5 Å². The molecule has 1 amide bonds. The Hall–Kier alpha value is -2.51. The molecule has 2 aliphatic rings. The second-order valence-electron chi connectivity index (χ2n) is 8.23. The highest BCUT2D eigenvalue weighted by Crippen LogP contribution is 2.38. The highest BCUT2D eigenvalue weighted by Gasteiger charge is 2.39. The Morgan fingerprint density at radius 2 is 1.85 bits per heavy atom.